The molecule has 1 unspecified atom stereocenters. The van der Waals surface area contributed by atoms with Crippen LogP contribution in [0.5, 0.6) is 0 Å². The molecule has 0 bridgehead atoms. The lowest BCUT2D eigenvalue weighted by Crippen LogP contribution is -2.33. The van der Waals surface area contributed by atoms with Gasteiger partial charge in [0.15, 0.2) is 6.29 Å². The maximum absolute atomic E-state index is 6.27. The van der Waals surface area contributed by atoms with E-state index in [2.05, 4.69) is 39.5 Å². The van der Waals surface area contributed by atoms with E-state index in [1.165, 1.54) is 43.3 Å². The summed E-state index contributed by atoms with van der Waals surface area (Å²) >= 11 is 0. The van der Waals surface area contributed by atoms with Gasteiger partial charge in [0.2, 0.25) is 0 Å². The lowest BCUT2D eigenvalue weighted by Gasteiger charge is -2.33. The Morgan fingerprint density at radius 3 is 2.19 bits per heavy atom. The van der Waals surface area contributed by atoms with Crippen LogP contribution in [-0.4, -0.2) is 32.7 Å². The first kappa shape index (κ1) is 28.1. The minimum atomic E-state index is -0.0766. The second-order valence-electron chi connectivity index (χ2n) is 9.41. The van der Waals surface area contributed by atoms with E-state index in [-0.39, 0.29) is 6.29 Å². The molecule has 0 heterocycles. The average Bonchev–Trinajstić information content (AvgIpc) is 2.76. The summed E-state index contributed by atoms with van der Waals surface area (Å²) in [7, 11) is 1.83. The van der Waals surface area contributed by atoms with Crippen LogP contribution >= 0.6 is 0 Å². The molecule has 1 saturated carbocycles. The Bertz CT molecular complexity index is 496. The number of rotatable bonds is 18. The summed E-state index contributed by atoms with van der Waals surface area (Å²) in [6.07, 6.45) is 22.4. The van der Waals surface area contributed by atoms with Crippen LogP contribution in [0, 0.1) is 5.92 Å². The predicted octanol–water partition coefficient (Wildman–Crippen LogP) is 8.16. The molecule has 1 rings (SSSR count). The van der Waals surface area contributed by atoms with Crippen LogP contribution < -0.4 is 0 Å². The number of allylic oxidation sites excluding steroid dienone is 4. The van der Waals surface area contributed by atoms with Crippen LogP contribution in [0.4, 0.5) is 0 Å². The molecule has 3 nitrogen and oxygen atoms in total. The number of hydrogen-bond acceptors (Lipinski definition) is 3. The van der Waals surface area contributed by atoms with Gasteiger partial charge in [-0.05, 0) is 78.6 Å². The SMILES string of the molecule is C=CCCCCCCCCOC(OC/C=C(\C)CCC=C(C)C)C1CCC(OC)CC1. The molecule has 0 N–H and O–H groups in total. The van der Waals surface area contributed by atoms with E-state index in [0.717, 1.165) is 58.0 Å². The monoisotopic (exact) mass is 434 g/mol. The topological polar surface area (TPSA) is 27.7 Å². The van der Waals surface area contributed by atoms with Crippen molar-refractivity contribution in [3.05, 3.63) is 36.0 Å². The van der Waals surface area contributed by atoms with Gasteiger partial charge in [-0.25, -0.2) is 0 Å². The van der Waals surface area contributed by atoms with Gasteiger partial charge in [0, 0.05) is 19.6 Å². The summed E-state index contributed by atoms with van der Waals surface area (Å²) in [5.74, 6) is 0.490. The van der Waals surface area contributed by atoms with Crippen LogP contribution in [0.25, 0.3) is 0 Å². The lowest BCUT2D eigenvalue weighted by atomic mass is 9.87. The largest absolute Gasteiger partial charge is 0.381 e. The lowest BCUT2D eigenvalue weighted by molar-refractivity contribution is -0.176. The van der Waals surface area contributed by atoms with Gasteiger partial charge in [-0.1, -0.05) is 55.1 Å². The molecular formula is C28H50O3. The summed E-state index contributed by atoms with van der Waals surface area (Å²) in [4.78, 5) is 0. The molecule has 1 aliphatic carbocycles. The summed E-state index contributed by atoms with van der Waals surface area (Å²) in [6, 6.07) is 0. The fourth-order valence-electron chi connectivity index (χ4n) is 4.19. The molecule has 0 aromatic heterocycles. The van der Waals surface area contributed by atoms with Crippen LogP contribution in [-0.2, 0) is 14.2 Å². The van der Waals surface area contributed by atoms with Crippen molar-refractivity contribution < 1.29 is 14.2 Å². The highest BCUT2D eigenvalue weighted by atomic mass is 16.7. The molecule has 1 atom stereocenters. The summed E-state index contributed by atoms with van der Waals surface area (Å²) in [6.45, 7) is 11.8. The van der Waals surface area contributed by atoms with Crippen LogP contribution in [0.1, 0.15) is 104 Å². The molecule has 0 radical (unpaired) electrons. The van der Waals surface area contributed by atoms with Gasteiger partial charge in [-0.2, -0.15) is 0 Å². The number of unbranched alkanes of at least 4 members (excludes halogenated alkanes) is 6. The van der Waals surface area contributed by atoms with Gasteiger partial charge < -0.3 is 14.2 Å². The Morgan fingerprint density at radius 2 is 1.55 bits per heavy atom. The quantitative estimate of drug-likeness (QED) is 0.124. The fourth-order valence-corrected chi connectivity index (χ4v) is 4.19. The molecule has 1 fully saturated rings. The van der Waals surface area contributed by atoms with Crippen molar-refractivity contribution in [2.75, 3.05) is 20.3 Å². The van der Waals surface area contributed by atoms with Crippen molar-refractivity contribution in [2.45, 2.75) is 117 Å². The third-order valence-corrected chi connectivity index (χ3v) is 6.31. The Hall–Kier alpha value is -0.900. The Labute approximate surface area is 193 Å². The zero-order chi connectivity index (χ0) is 22.7. The second kappa shape index (κ2) is 18.7. The Kier molecular flexibility index (Phi) is 16.9. The van der Waals surface area contributed by atoms with E-state index in [1.54, 1.807) is 0 Å². The van der Waals surface area contributed by atoms with Crippen molar-refractivity contribution in [3.8, 4) is 0 Å². The number of ether oxygens (including phenoxy) is 3. The van der Waals surface area contributed by atoms with Crippen molar-refractivity contribution in [3.63, 3.8) is 0 Å². The molecule has 3 heteroatoms. The zero-order valence-electron chi connectivity index (χ0n) is 21.0. The highest BCUT2D eigenvalue weighted by molar-refractivity contribution is 5.02. The van der Waals surface area contributed by atoms with E-state index in [1.807, 2.05) is 13.2 Å². The van der Waals surface area contributed by atoms with Gasteiger partial charge in [0.05, 0.1) is 12.7 Å². The molecule has 0 aliphatic heterocycles. The van der Waals surface area contributed by atoms with E-state index in [4.69, 9.17) is 14.2 Å². The third kappa shape index (κ3) is 14.7. The standard InChI is InChI=1S/C28H50O3/c1-6-7-8-9-10-11-12-13-22-30-28(26-17-19-27(29-5)20-18-26)31-23-21-25(4)16-14-15-24(2)3/h6,15,21,26-28H,1,7-14,16-20,22-23H2,2-5H3/b25-21+. The van der Waals surface area contributed by atoms with E-state index in [0.29, 0.717) is 18.6 Å². The van der Waals surface area contributed by atoms with E-state index in [9.17, 15) is 0 Å². The second-order valence-corrected chi connectivity index (χ2v) is 9.41. The van der Waals surface area contributed by atoms with Gasteiger partial charge in [0.25, 0.3) is 0 Å². The Balaban J connectivity index is 2.36. The third-order valence-electron chi connectivity index (χ3n) is 6.31. The fraction of sp³-hybridized carbons (Fsp3) is 0.786. The number of methoxy groups -OCH3 is 1. The molecule has 180 valence electrons. The smallest absolute Gasteiger partial charge is 0.160 e. The Morgan fingerprint density at radius 1 is 0.871 bits per heavy atom. The summed E-state index contributed by atoms with van der Waals surface area (Å²) in [5.41, 5.74) is 2.79. The van der Waals surface area contributed by atoms with Crippen molar-refractivity contribution in [1.29, 1.82) is 0 Å². The van der Waals surface area contributed by atoms with Gasteiger partial charge in [0.1, 0.15) is 0 Å². The molecule has 0 amide bonds. The molecular weight excluding hydrogens is 384 g/mol. The molecule has 31 heavy (non-hydrogen) atoms. The summed E-state index contributed by atoms with van der Waals surface area (Å²) < 4.78 is 18.1. The highest BCUT2D eigenvalue weighted by Crippen LogP contribution is 2.30. The first-order valence-corrected chi connectivity index (χ1v) is 12.7. The van der Waals surface area contributed by atoms with E-state index < -0.39 is 0 Å². The van der Waals surface area contributed by atoms with Crippen LogP contribution in [0.3, 0.4) is 0 Å². The first-order valence-electron chi connectivity index (χ1n) is 12.7. The highest BCUT2D eigenvalue weighted by Gasteiger charge is 2.28. The van der Waals surface area contributed by atoms with Gasteiger partial charge >= 0.3 is 0 Å². The van der Waals surface area contributed by atoms with Gasteiger partial charge in [-0.15, -0.1) is 6.58 Å². The minimum absolute atomic E-state index is 0.0766. The van der Waals surface area contributed by atoms with Crippen LogP contribution in [0.2, 0.25) is 0 Å². The van der Waals surface area contributed by atoms with Gasteiger partial charge in [-0.3, -0.25) is 0 Å². The van der Waals surface area contributed by atoms with Crippen LogP contribution in [0.15, 0.2) is 36.0 Å². The van der Waals surface area contributed by atoms with E-state index >= 15 is 0 Å². The van der Waals surface area contributed by atoms with Crippen molar-refractivity contribution in [1.82, 2.24) is 0 Å². The molecule has 0 saturated heterocycles. The van der Waals surface area contributed by atoms with Crippen molar-refractivity contribution in [2.24, 2.45) is 5.92 Å². The molecule has 0 aromatic carbocycles. The summed E-state index contributed by atoms with van der Waals surface area (Å²) in [5, 5.41) is 0. The molecule has 0 spiro atoms. The maximum atomic E-state index is 6.27. The average molecular weight is 435 g/mol. The minimum Gasteiger partial charge on any atom is -0.381 e. The number of hydrogen-bond donors (Lipinski definition) is 0. The molecule has 0 aromatic rings. The normalized spacial score (nSPS) is 20.5. The predicted molar refractivity (Wildman–Crippen MR) is 133 cm³/mol. The first-order chi connectivity index (χ1) is 15.1. The maximum Gasteiger partial charge on any atom is 0.160 e. The van der Waals surface area contributed by atoms with Crippen molar-refractivity contribution >= 4 is 0 Å². The molecule has 1 aliphatic rings. The zero-order valence-corrected chi connectivity index (χ0v) is 21.0.